The quantitative estimate of drug-likeness (QED) is 0.333. The van der Waals surface area contributed by atoms with Gasteiger partial charge in [0.05, 0.1) is 28.1 Å². The van der Waals surface area contributed by atoms with E-state index in [4.69, 9.17) is 27.9 Å². The summed E-state index contributed by atoms with van der Waals surface area (Å²) in [4.78, 5) is 40.1. The largest absolute Gasteiger partial charge is 0.483 e. The zero-order valence-electron chi connectivity index (χ0n) is 22.6. The number of ketones is 1. The van der Waals surface area contributed by atoms with Crippen LogP contribution in [0.3, 0.4) is 0 Å². The van der Waals surface area contributed by atoms with Crippen molar-refractivity contribution in [1.29, 1.82) is 5.26 Å². The van der Waals surface area contributed by atoms with Crippen LogP contribution >= 0.6 is 23.2 Å². The molecule has 1 aliphatic rings. The highest BCUT2D eigenvalue weighted by molar-refractivity contribution is 7.90. The Balaban J connectivity index is 1.43. The second-order valence-electron chi connectivity index (χ2n) is 9.73. The molecule has 0 aliphatic carbocycles. The molecule has 0 bridgehead atoms. The highest BCUT2D eigenvalue weighted by Crippen LogP contribution is 2.28. The van der Waals surface area contributed by atoms with Crippen LogP contribution in [0.1, 0.15) is 39.9 Å². The molecule has 0 saturated carbocycles. The van der Waals surface area contributed by atoms with Gasteiger partial charge in [-0.2, -0.15) is 5.26 Å². The first-order valence-electron chi connectivity index (χ1n) is 12.7. The van der Waals surface area contributed by atoms with E-state index >= 15 is 0 Å². The van der Waals surface area contributed by atoms with Gasteiger partial charge in [0.1, 0.15) is 5.75 Å². The maximum Gasteiger partial charge on any atom is 0.264 e. The van der Waals surface area contributed by atoms with Crippen molar-refractivity contribution in [3.63, 3.8) is 0 Å². The lowest BCUT2D eigenvalue weighted by Gasteiger charge is -2.19. The van der Waals surface area contributed by atoms with Crippen LogP contribution in [-0.2, 0) is 19.6 Å². The van der Waals surface area contributed by atoms with Crippen molar-refractivity contribution >= 4 is 56.5 Å². The number of likely N-dealkylation sites (tertiary alicyclic amines) is 1. The minimum Gasteiger partial charge on any atom is -0.483 e. The zero-order chi connectivity index (χ0) is 30.6. The number of aryl methyl sites for hydroxylation is 1. The average Bonchev–Trinajstić information content (AvgIpc) is 3.38. The smallest absolute Gasteiger partial charge is 0.264 e. The molecule has 1 aliphatic heterocycles. The average molecular weight is 630 g/mol. The molecule has 0 aromatic heterocycles. The predicted molar refractivity (Wildman–Crippen MR) is 157 cm³/mol. The van der Waals surface area contributed by atoms with E-state index in [1.54, 1.807) is 14.0 Å². The van der Waals surface area contributed by atoms with Crippen LogP contribution in [0, 0.1) is 18.3 Å². The van der Waals surface area contributed by atoms with Gasteiger partial charge in [-0.15, -0.1) is 0 Å². The number of halogens is 2. The fraction of sp³-hybridized carbons (Fsp3) is 0.241. The number of ether oxygens (including phenoxy) is 1. The fourth-order valence-electron chi connectivity index (χ4n) is 4.52. The van der Waals surface area contributed by atoms with E-state index in [9.17, 15) is 28.1 Å². The first kappa shape index (κ1) is 31.0. The van der Waals surface area contributed by atoms with Gasteiger partial charge in [0, 0.05) is 21.3 Å². The summed E-state index contributed by atoms with van der Waals surface area (Å²) in [5.41, 5.74) is 1.19. The minimum absolute atomic E-state index is 0.0676. The maximum absolute atomic E-state index is 13.2. The van der Waals surface area contributed by atoms with Gasteiger partial charge in [-0.1, -0.05) is 23.2 Å². The molecule has 0 spiro atoms. The maximum atomic E-state index is 13.2. The van der Waals surface area contributed by atoms with E-state index in [-0.39, 0.29) is 37.4 Å². The van der Waals surface area contributed by atoms with Crippen LogP contribution in [0.4, 0.5) is 5.69 Å². The first-order chi connectivity index (χ1) is 19.9. The lowest BCUT2D eigenvalue weighted by atomic mass is 10.0. The number of carbonyl (C=O) groups excluding carboxylic acids is 3. The van der Waals surface area contributed by atoms with E-state index in [2.05, 4.69) is 10.0 Å². The molecule has 3 aromatic carbocycles. The van der Waals surface area contributed by atoms with Crippen LogP contribution in [0.15, 0.2) is 59.5 Å². The number of benzene rings is 3. The lowest BCUT2D eigenvalue weighted by molar-refractivity contribution is -0.123. The Morgan fingerprint density at radius 1 is 1.07 bits per heavy atom. The summed E-state index contributed by atoms with van der Waals surface area (Å²) in [6, 6.07) is 14.0. The number of amides is 2. The van der Waals surface area contributed by atoms with Crippen molar-refractivity contribution in [2.45, 2.75) is 30.7 Å². The highest BCUT2D eigenvalue weighted by Gasteiger charge is 2.31. The standard InChI is InChI=1S/C29H26Cl2N4O6S/c1-17-10-22(42(39,40)34-29(38)25-4-3-9-35(25)2)6-7-24(17)33-27(36)16-41-26-8-5-20(30)14-23(26)28(37)19-11-18(15-32)12-21(31)13-19/h5-8,10-14,25H,3-4,9,16H2,1-2H3,(H,33,36)(H,34,38). The number of hydrogen-bond acceptors (Lipinski definition) is 8. The van der Waals surface area contributed by atoms with Crippen LogP contribution in [0.25, 0.3) is 0 Å². The third-order valence-electron chi connectivity index (χ3n) is 6.67. The molecule has 0 radical (unpaired) electrons. The van der Waals surface area contributed by atoms with Gasteiger partial charge in [-0.05, 0) is 93.5 Å². The van der Waals surface area contributed by atoms with Gasteiger partial charge in [0.2, 0.25) is 0 Å². The SMILES string of the molecule is Cc1cc(S(=O)(=O)NC(=O)C2CCCN2C)ccc1NC(=O)COc1ccc(Cl)cc1C(=O)c1cc(Cl)cc(C#N)c1. The topological polar surface area (TPSA) is 146 Å². The monoisotopic (exact) mass is 628 g/mol. The molecule has 2 amide bonds. The van der Waals surface area contributed by atoms with Crippen molar-refractivity contribution < 1.29 is 27.5 Å². The predicted octanol–water partition coefficient (Wildman–Crippen LogP) is 4.32. The van der Waals surface area contributed by atoms with Gasteiger partial charge in [0.25, 0.3) is 21.8 Å². The highest BCUT2D eigenvalue weighted by atomic mass is 35.5. The van der Waals surface area contributed by atoms with Crippen molar-refractivity contribution in [1.82, 2.24) is 9.62 Å². The van der Waals surface area contributed by atoms with Gasteiger partial charge in [-0.25, -0.2) is 13.1 Å². The van der Waals surface area contributed by atoms with Gasteiger partial charge >= 0.3 is 0 Å². The van der Waals surface area contributed by atoms with E-state index in [0.717, 1.165) is 13.0 Å². The molecule has 2 N–H and O–H groups in total. The normalized spacial score (nSPS) is 15.1. The van der Waals surface area contributed by atoms with Gasteiger partial charge < -0.3 is 10.1 Å². The van der Waals surface area contributed by atoms with Crippen LogP contribution in [-0.4, -0.2) is 57.2 Å². The number of nitrogens with one attached hydrogen (secondary N) is 2. The third-order valence-corrected chi connectivity index (χ3v) is 8.47. The Hall–Kier alpha value is -3.95. The zero-order valence-corrected chi connectivity index (χ0v) is 24.9. The van der Waals surface area contributed by atoms with Crippen LogP contribution in [0.2, 0.25) is 10.0 Å². The van der Waals surface area contributed by atoms with Crippen molar-refractivity contribution in [2.24, 2.45) is 0 Å². The van der Waals surface area contributed by atoms with Gasteiger partial charge in [-0.3, -0.25) is 19.3 Å². The summed E-state index contributed by atoms with van der Waals surface area (Å²) >= 11 is 12.1. The molecule has 13 heteroatoms. The number of sulfonamides is 1. The van der Waals surface area contributed by atoms with E-state index in [1.807, 2.05) is 11.0 Å². The second-order valence-corrected chi connectivity index (χ2v) is 12.3. The summed E-state index contributed by atoms with van der Waals surface area (Å²) in [5.74, 6) is -1.58. The second kappa shape index (κ2) is 12.9. The molecule has 1 heterocycles. The molecule has 218 valence electrons. The van der Waals surface area contributed by atoms with Crippen molar-refractivity contribution in [3.05, 3.63) is 86.9 Å². The van der Waals surface area contributed by atoms with Crippen LogP contribution in [0.5, 0.6) is 5.75 Å². The molecule has 42 heavy (non-hydrogen) atoms. The molecular weight excluding hydrogens is 603 g/mol. The number of carbonyl (C=O) groups is 3. The Morgan fingerprint density at radius 2 is 1.83 bits per heavy atom. The summed E-state index contributed by atoms with van der Waals surface area (Å²) in [7, 11) is -2.34. The Morgan fingerprint density at radius 3 is 2.50 bits per heavy atom. The van der Waals surface area contributed by atoms with E-state index in [1.165, 1.54) is 54.6 Å². The Labute approximate surface area is 253 Å². The Bertz CT molecular complexity index is 1720. The Kier molecular flexibility index (Phi) is 9.53. The molecular formula is C29H26Cl2N4O6S. The fourth-order valence-corrected chi connectivity index (χ4v) is 6.03. The molecule has 4 rings (SSSR count). The molecule has 1 atom stereocenters. The van der Waals surface area contributed by atoms with E-state index in [0.29, 0.717) is 17.7 Å². The van der Waals surface area contributed by atoms with Gasteiger partial charge in [0.15, 0.2) is 12.4 Å². The molecule has 1 unspecified atom stereocenters. The molecule has 3 aromatic rings. The molecule has 10 nitrogen and oxygen atoms in total. The summed E-state index contributed by atoms with van der Waals surface area (Å²) in [5, 5.41) is 12.3. The minimum atomic E-state index is -4.11. The van der Waals surface area contributed by atoms with Crippen LogP contribution < -0.4 is 14.8 Å². The molecule has 1 fully saturated rings. The molecule has 1 saturated heterocycles. The van der Waals surface area contributed by atoms with E-state index < -0.39 is 40.3 Å². The summed E-state index contributed by atoms with van der Waals surface area (Å²) in [6.45, 7) is 1.85. The number of anilines is 1. The third kappa shape index (κ3) is 7.27. The number of nitriles is 1. The number of likely N-dealkylation sites (N-methyl/N-ethyl adjacent to an activating group) is 1. The van der Waals surface area contributed by atoms with Crippen molar-refractivity contribution in [2.75, 3.05) is 25.5 Å². The first-order valence-corrected chi connectivity index (χ1v) is 15.0. The number of hydrogen-bond donors (Lipinski definition) is 2. The summed E-state index contributed by atoms with van der Waals surface area (Å²) < 4.78 is 33.4. The summed E-state index contributed by atoms with van der Waals surface area (Å²) in [6.07, 6.45) is 1.39. The van der Waals surface area contributed by atoms with Crippen molar-refractivity contribution in [3.8, 4) is 11.8 Å². The number of nitrogens with zero attached hydrogens (tertiary/aromatic N) is 2. The number of rotatable bonds is 9. The lowest BCUT2D eigenvalue weighted by Crippen LogP contribution is -2.43.